The van der Waals surface area contributed by atoms with Crippen LogP contribution in [-0.4, -0.2) is 33.4 Å². The molecule has 1 fully saturated rings. The second kappa shape index (κ2) is 8.29. The quantitative estimate of drug-likeness (QED) is 0.647. The molecule has 1 saturated heterocycles. The van der Waals surface area contributed by atoms with E-state index in [4.69, 9.17) is 4.98 Å². The third-order valence-electron chi connectivity index (χ3n) is 6.87. The van der Waals surface area contributed by atoms with Gasteiger partial charge in [-0.25, -0.2) is 0 Å². The lowest BCUT2D eigenvalue weighted by atomic mass is 9.99. The van der Waals surface area contributed by atoms with Gasteiger partial charge in [-0.2, -0.15) is 0 Å². The number of benzene rings is 1. The molecule has 31 heavy (non-hydrogen) atoms. The minimum Gasteiger partial charge on any atom is -0.345 e. The van der Waals surface area contributed by atoms with Crippen molar-refractivity contribution < 1.29 is 4.79 Å². The molecular weight excluding hydrogens is 386 g/mol. The molecule has 1 aromatic carbocycles. The second-order valence-electron chi connectivity index (χ2n) is 8.95. The molecule has 0 atom stereocenters. The SMILES string of the molecule is CCn1cc(C(=O)N2CCCCC2)c(=O)c2cc(CC3Cc4ccccc4C3)ncc21. The molecule has 1 amide bonds. The van der Waals surface area contributed by atoms with E-state index >= 15 is 0 Å². The molecule has 3 aromatic rings. The summed E-state index contributed by atoms with van der Waals surface area (Å²) in [6.45, 7) is 4.21. The number of likely N-dealkylation sites (tertiary alicyclic amines) is 1. The van der Waals surface area contributed by atoms with Crippen molar-refractivity contribution in [2.24, 2.45) is 5.92 Å². The largest absolute Gasteiger partial charge is 0.345 e. The predicted octanol–water partition coefficient (Wildman–Crippen LogP) is 4.00. The van der Waals surface area contributed by atoms with Crippen LogP contribution in [0.4, 0.5) is 0 Å². The summed E-state index contributed by atoms with van der Waals surface area (Å²) in [6, 6.07) is 10.6. The molecule has 160 valence electrons. The smallest absolute Gasteiger partial charge is 0.259 e. The van der Waals surface area contributed by atoms with Crippen LogP contribution in [0.5, 0.6) is 0 Å². The minimum absolute atomic E-state index is 0.126. The number of carbonyl (C=O) groups excluding carboxylic acids is 1. The first-order chi connectivity index (χ1) is 15.1. The zero-order chi connectivity index (χ0) is 21.4. The van der Waals surface area contributed by atoms with Gasteiger partial charge in [0.1, 0.15) is 5.56 Å². The van der Waals surface area contributed by atoms with Crippen molar-refractivity contribution in [3.8, 4) is 0 Å². The van der Waals surface area contributed by atoms with Gasteiger partial charge in [0.25, 0.3) is 5.91 Å². The number of rotatable bonds is 4. The highest BCUT2D eigenvalue weighted by molar-refractivity contribution is 5.97. The van der Waals surface area contributed by atoms with E-state index in [1.807, 2.05) is 28.7 Å². The highest BCUT2D eigenvalue weighted by Crippen LogP contribution is 2.29. The number of aryl methyl sites for hydroxylation is 1. The van der Waals surface area contributed by atoms with Gasteiger partial charge in [-0.05, 0) is 68.6 Å². The van der Waals surface area contributed by atoms with Crippen LogP contribution in [0.15, 0.2) is 47.5 Å². The van der Waals surface area contributed by atoms with E-state index in [0.717, 1.165) is 62.8 Å². The standard InChI is InChI=1S/C26H29N3O2/c1-2-28-17-23(26(31)29-10-6-3-7-11-29)25(30)22-15-21(27-16-24(22)28)14-18-12-19-8-4-5-9-20(19)13-18/h4-5,8-9,15-18H,2-3,6-7,10-14H2,1H3. The number of piperidine rings is 1. The van der Waals surface area contributed by atoms with Crippen molar-refractivity contribution >= 4 is 16.8 Å². The van der Waals surface area contributed by atoms with Gasteiger partial charge in [0.2, 0.25) is 5.43 Å². The highest BCUT2D eigenvalue weighted by atomic mass is 16.2. The molecule has 0 unspecified atom stereocenters. The summed E-state index contributed by atoms with van der Waals surface area (Å²) in [5.74, 6) is 0.382. The van der Waals surface area contributed by atoms with Gasteiger partial charge >= 0.3 is 0 Å². The van der Waals surface area contributed by atoms with Crippen molar-refractivity contribution in [1.82, 2.24) is 14.5 Å². The maximum absolute atomic E-state index is 13.4. The number of hydrogen-bond acceptors (Lipinski definition) is 3. The first kappa shape index (κ1) is 20.0. The lowest BCUT2D eigenvalue weighted by Gasteiger charge is -2.27. The Bertz CT molecular complexity index is 1170. The van der Waals surface area contributed by atoms with E-state index in [1.165, 1.54) is 11.1 Å². The molecular formula is C26H29N3O2. The summed E-state index contributed by atoms with van der Waals surface area (Å²) in [6.07, 6.45) is 9.69. The topological polar surface area (TPSA) is 55.2 Å². The average molecular weight is 416 g/mol. The maximum Gasteiger partial charge on any atom is 0.259 e. The summed E-state index contributed by atoms with van der Waals surface area (Å²) in [4.78, 5) is 33.0. The fraction of sp³-hybridized carbons (Fsp3) is 0.423. The Morgan fingerprint density at radius 2 is 1.81 bits per heavy atom. The van der Waals surface area contributed by atoms with Gasteiger partial charge < -0.3 is 9.47 Å². The molecule has 3 heterocycles. The molecule has 5 heteroatoms. The van der Waals surface area contributed by atoms with E-state index in [2.05, 4.69) is 24.3 Å². The molecule has 5 rings (SSSR count). The van der Waals surface area contributed by atoms with Crippen molar-refractivity contribution in [3.63, 3.8) is 0 Å². The first-order valence-electron chi connectivity index (χ1n) is 11.5. The lowest BCUT2D eigenvalue weighted by molar-refractivity contribution is 0.0722. The van der Waals surface area contributed by atoms with Gasteiger partial charge in [0.05, 0.1) is 11.7 Å². The molecule has 0 bridgehead atoms. The third kappa shape index (κ3) is 3.78. The van der Waals surface area contributed by atoms with E-state index in [0.29, 0.717) is 23.4 Å². The third-order valence-corrected chi connectivity index (χ3v) is 6.87. The summed E-state index contributed by atoms with van der Waals surface area (Å²) >= 11 is 0. The number of amides is 1. The molecule has 1 aliphatic carbocycles. The van der Waals surface area contributed by atoms with Crippen LogP contribution >= 0.6 is 0 Å². The number of nitrogens with zero attached hydrogens (tertiary/aromatic N) is 3. The number of aromatic nitrogens is 2. The molecule has 2 aliphatic rings. The van der Waals surface area contributed by atoms with Crippen LogP contribution in [0.3, 0.4) is 0 Å². The molecule has 0 N–H and O–H groups in total. The highest BCUT2D eigenvalue weighted by Gasteiger charge is 2.24. The molecule has 0 spiro atoms. The maximum atomic E-state index is 13.4. The Balaban J connectivity index is 1.48. The van der Waals surface area contributed by atoms with Gasteiger partial charge in [-0.3, -0.25) is 14.6 Å². The zero-order valence-corrected chi connectivity index (χ0v) is 18.1. The molecule has 5 nitrogen and oxygen atoms in total. The first-order valence-corrected chi connectivity index (χ1v) is 11.5. The monoisotopic (exact) mass is 415 g/mol. The van der Waals surface area contributed by atoms with Crippen LogP contribution in [0.1, 0.15) is 53.4 Å². The summed E-state index contributed by atoms with van der Waals surface area (Å²) < 4.78 is 1.98. The van der Waals surface area contributed by atoms with Crippen molar-refractivity contribution in [2.75, 3.05) is 13.1 Å². The summed E-state index contributed by atoms with van der Waals surface area (Å²) in [5, 5.41) is 0.616. The predicted molar refractivity (Wildman–Crippen MR) is 122 cm³/mol. The molecule has 0 saturated carbocycles. The average Bonchev–Trinajstić information content (AvgIpc) is 3.22. The summed E-state index contributed by atoms with van der Waals surface area (Å²) in [5.41, 5.74) is 4.73. The fourth-order valence-electron chi connectivity index (χ4n) is 5.21. The Labute approximate surface area is 182 Å². The fourth-order valence-corrected chi connectivity index (χ4v) is 5.21. The van der Waals surface area contributed by atoms with Gasteiger partial charge in [0, 0.05) is 36.9 Å². The number of hydrogen-bond donors (Lipinski definition) is 0. The van der Waals surface area contributed by atoms with Crippen LogP contribution in [0.25, 0.3) is 10.9 Å². The molecule has 1 aliphatic heterocycles. The minimum atomic E-state index is -0.159. The van der Waals surface area contributed by atoms with Crippen LogP contribution < -0.4 is 5.43 Å². The van der Waals surface area contributed by atoms with Crippen molar-refractivity contribution in [1.29, 1.82) is 0 Å². The van der Waals surface area contributed by atoms with Gasteiger partial charge in [-0.15, -0.1) is 0 Å². The zero-order valence-electron chi connectivity index (χ0n) is 18.1. The second-order valence-corrected chi connectivity index (χ2v) is 8.95. The van der Waals surface area contributed by atoms with Crippen LogP contribution in [0, 0.1) is 5.92 Å². The Kier molecular flexibility index (Phi) is 5.34. The normalized spacial score (nSPS) is 16.6. The Morgan fingerprint density at radius 1 is 1.10 bits per heavy atom. The number of carbonyl (C=O) groups is 1. The van der Waals surface area contributed by atoms with Crippen LogP contribution in [0.2, 0.25) is 0 Å². The molecule has 2 aromatic heterocycles. The van der Waals surface area contributed by atoms with Gasteiger partial charge in [-0.1, -0.05) is 24.3 Å². The van der Waals surface area contributed by atoms with Crippen molar-refractivity contribution in [3.05, 3.63) is 75.3 Å². The van der Waals surface area contributed by atoms with E-state index in [9.17, 15) is 9.59 Å². The molecule has 0 radical (unpaired) electrons. The Hall–Kier alpha value is -2.95. The summed E-state index contributed by atoms with van der Waals surface area (Å²) in [7, 11) is 0. The van der Waals surface area contributed by atoms with E-state index in [1.54, 1.807) is 6.20 Å². The van der Waals surface area contributed by atoms with Crippen molar-refractivity contribution in [2.45, 2.75) is 52.0 Å². The lowest BCUT2D eigenvalue weighted by Crippen LogP contribution is -2.38. The number of pyridine rings is 2. The van der Waals surface area contributed by atoms with Gasteiger partial charge in [0.15, 0.2) is 0 Å². The number of fused-ring (bicyclic) bond motifs is 2. The van der Waals surface area contributed by atoms with E-state index in [-0.39, 0.29) is 11.3 Å². The van der Waals surface area contributed by atoms with E-state index < -0.39 is 0 Å². The Morgan fingerprint density at radius 3 is 2.48 bits per heavy atom. The van der Waals surface area contributed by atoms with Crippen LogP contribution in [-0.2, 0) is 25.8 Å².